The molecule has 1 aliphatic carbocycles. The van der Waals surface area contributed by atoms with Crippen molar-refractivity contribution in [2.45, 2.75) is 71.0 Å². The molecule has 2 unspecified atom stereocenters. The molecule has 0 aromatic heterocycles. The third kappa shape index (κ3) is 3.62. The average molecular weight is 310 g/mol. The van der Waals surface area contributed by atoms with Crippen LogP contribution in [0.15, 0.2) is 0 Å². The van der Waals surface area contributed by atoms with Crippen LogP contribution in [0.1, 0.15) is 52.9 Å². The molecular weight excluding hydrogens is 280 g/mol. The molecule has 0 radical (unpaired) electrons. The van der Waals surface area contributed by atoms with Gasteiger partial charge in [0, 0.05) is 31.1 Å². The van der Waals surface area contributed by atoms with Crippen molar-refractivity contribution in [3.63, 3.8) is 0 Å². The number of carbonyl (C=O) groups excluding carboxylic acids is 2. The van der Waals surface area contributed by atoms with Crippen molar-refractivity contribution < 1.29 is 14.3 Å². The Morgan fingerprint density at radius 2 is 2.14 bits per heavy atom. The first-order valence-electron chi connectivity index (χ1n) is 8.63. The van der Waals surface area contributed by atoms with Gasteiger partial charge in [-0.3, -0.25) is 9.59 Å². The number of hydrogen-bond acceptors (Lipinski definition) is 4. The number of esters is 1. The van der Waals surface area contributed by atoms with Crippen molar-refractivity contribution in [2.24, 2.45) is 5.92 Å². The van der Waals surface area contributed by atoms with Crippen molar-refractivity contribution >= 4 is 11.9 Å². The normalized spacial score (nSPS) is 29.5. The molecule has 2 rings (SSSR count). The highest BCUT2D eigenvalue weighted by molar-refractivity contribution is 5.80. The van der Waals surface area contributed by atoms with Crippen molar-refractivity contribution in [2.75, 3.05) is 20.2 Å². The molecule has 2 fully saturated rings. The van der Waals surface area contributed by atoms with E-state index >= 15 is 0 Å². The SMILES string of the molecule is CCOC(=O)[C@@H]1CC(N(C)C(C)C)CCC1N1CCCC1=O. The molecule has 5 nitrogen and oxygen atoms in total. The Balaban J connectivity index is 2.13. The highest BCUT2D eigenvalue weighted by atomic mass is 16.5. The Labute approximate surface area is 134 Å². The third-order valence-electron chi connectivity index (χ3n) is 5.28. The zero-order valence-electron chi connectivity index (χ0n) is 14.4. The highest BCUT2D eigenvalue weighted by Gasteiger charge is 2.43. The van der Waals surface area contributed by atoms with Crippen LogP contribution < -0.4 is 0 Å². The summed E-state index contributed by atoms with van der Waals surface area (Å²) < 4.78 is 5.30. The van der Waals surface area contributed by atoms with Crippen LogP contribution in [-0.2, 0) is 14.3 Å². The lowest BCUT2D eigenvalue weighted by Crippen LogP contribution is -2.52. The van der Waals surface area contributed by atoms with Gasteiger partial charge in [0.1, 0.15) is 0 Å². The van der Waals surface area contributed by atoms with E-state index in [1.165, 1.54) is 0 Å². The Morgan fingerprint density at radius 3 is 2.68 bits per heavy atom. The smallest absolute Gasteiger partial charge is 0.311 e. The van der Waals surface area contributed by atoms with Crippen LogP contribution in [0.5, 0.6) is 0 Å². The molecule has 0 N–H and O–H groups in total. The predicted molar refractivity (Wildman–Crippen MR) is 85.4 cm³/mol. The van der Waals surface area contributed by atoms with E-state index in [0.29, 0.717) is 25.1 Å². The van der Waals surface area contributed by atoms with E-state index in [9.17, 15) is 9.59 Å². The second-order valence-corrected chi connectivity index (χ2v) is 6.84. The van der Waals surface area contributed by atoms with Gasteiger partial charge in [-0.1, -0.05) is 0 Å². The molecule has 1 aliphatic heterocycles. The summed E-state index contributed by atoms with van der Waals surface area (Å²) in [7, 11) is 2.12. The zero-order valence-corrected chi connectivity index (χ0v) is 14.4. The van der Waals surface area contributed by atoms with Gasteiger partial charge in [0.05, 0.1) is 12.5 Å². The monoisotopic (exact) mass is 310 g/mol. The van der Waals surface area contributed by atoms with E-state index in [1.807, 2.05) is 11.8 Å². The first-order chi connectivity index (χ1) is 10.5. The molecule has 3 atom stereocenters. The summed E-state index contributed by atoms with van der Waals surface area (Å²) in [6.07, 6.45) is 4.28. The predicted octanol–water partition coefficient (Wildman–Crippen LogP) is 2.05. The fourth-order valence-corrected chi connectivity index (χ4v) is 3.82. The maximum Gasteiger partial charge on any atom is 0.311 e. The molecule has 0 aromatic rings. The average Bonchev–Trinajstić information content (AvgIpc) is 2.92. The molecule has 1 amide bonds. The molecule has 0 bridgehead atoms. The lowest BCUT2D eigenvalue weighted by atomic mass is 9.80. The second-order valence-electron chi connectivity index (χ2n) is 6.84. The second kappa shape index (κ2) is 7.44. The van der Waals surface area contributed by atoms with E-state index in [1.54, 1.807) is 0 Å². The summed E-state index contributed by atoms with van der Waals surface area (Å²) in [4.78, 5) is 28.8. The molecule has 2 aliphatic rings. The van der Waals surface area contributed by atoms with Crippen LogP contribution in [0.2, 0.25) is 0 Å². The maximum absolute atomic E-state index is 12.4. The molecule has 0 spiro atoms. The molecule has 126 valence electrons. The number of ether oxygens (including phenoxy) is 1. The molecule has 5 heteroatoms. The molecular formula is C17H30N2O3. The molecule has 1 heterocycles. The quantitative estimate of drug-likeness (QED) is 0.729. The van der Waals surface area contributed by atoms with E-state index < -0.39 is 0 Å². The fraction of sp³-hybridized carbons (Fsp3) is 0.882. The van der Waals surface area contributed by atoms with Crippen molar-refractivity contribution in [1.82, 2.24) is 9.80 Å². The summed E-state index contributed by atoms with van der Waals surface area (Å²) >= 11 is 0. The van der Waals surface area contributed by atoms with E-state index in [4.69, 9.17) is 4.74 Å². The first kappa shape index (κ1) is 17.3. The van der Waals surface area contributed by atoms with Crippen molar-refractivity contribution in [3.05, 3.63) is 0 Å². The van der Waals surface area contributed by atoms with Gasteiger partial charge in [0.15, 0.2) is 0 Å². The summed E-state index contributed by atoms with van der Waals surface area (Å²) in [5.74, 6) is -0.106. The van der Waals surface area contributed by atoms with Gasteiger partial charge >= 0.3 is 5.97 Å². The number of rotatable bonds is 5. The van der Waals surface area contributed by atoms with Gasteiger partial charge in [-0.05, 0) is 53.5 Å². The van der Waals surface area contributed by atoms with Gasteiger partial charge in [0.2, 0.25) is 5.91 Å². The Bertz CT molecular complexity index is 411. The van der Waals surface area contributed by atoms with Gasteiger partial charge in [-0.25, -0.2) is 0 Å². The topological polar surface area (TPSA) is 49.9 Å². The van der Waals surface area contributed by atoms with E-state index in [0.717, 1.165) is 32.2 Å². The Kier molecular flexibility index (Phi) is 5.84. The lowest BCUT2D eigenvalue weighted by molar-refractivity contribution is -0.154. The summed E-state index contributed by atoms with van der Waals surface area (Å²) in [5.41, 5.74) is 0. The van der Waals surface area contributed by atoms with E-state index in [-0.39, 0.29) is 23.8 Å². The lowest BCUT2D eigenvalue weighted by Gasteiger charge is -2.43. The number of hydrogen-bond donors (Lipinski definition) is 0. The number of likely N-dealkylation sites (tertiary alicyclic amines) is 1. The minimum absolute atomic E-state index is 0.0332. The minimum atomic E-state index is -0.179. The third-order valence-corrected chi connectivity index (χ3v) is 5.28. The zero-order chi connectivity index (χ0) is 16.3. The van der Waals surface area contributed by atoms with Crippen LogP contribution in [0.3, 0.4) is 0 Å². The fourth-order valence-electron chi connectivity index (χ4n) is 3.82. The van der Waals surface area contributed by atoms with Gasteiger partial charge < -0.3 is 14.5 Å². The Hall–Kier alpha value is -1.10. The van der Waals surface area contributed by atoms with Crippen molar-refractivity contribution in [3.8, 4) is 0 Å². The van der Waals surface area contributed by atoms with Crippen LogP contribution in [-0.4, -0.2) is 60.0 Å². The van der Waals surface area contributed by atoms with Crippen LogP contribution in [0, 0.1) is 5.92 Å². The van der Waals surface area contributed by atoms with Crippen LogP contribution in [0.25, 0.3) is 0 Å². The van der Waals surface area contributed by atoms with Crippen LogP contribution in [0.4, 0.5) is 0 Å². The highest BCUT2D eigenvalue weighted by Crippen LogP contribution is 2.34. The van der Waals surface area contributed by atoms with Gasteiger partial charge in [-0.15, -0.1) is 0 Å². The largest absolute Gasteiger partial charge is 0.466 e. The maximum atomic E-state index is 12.4. The van der Waals surface area contributed by atoms with Gasteiger partial charge in [0.25, 0.3) is 0 Å². The molecule has 1 saturated heterocycles. The minimum Gasteiger partial charge on any atom is -0.466 e. The van der Waals surface area contributed by atoms with Crippen molar-refractivity contribution in [1.29, 1.82) is 0 Å². The standard InChI is InChI=1S/C17H30N2O3/c1-5-22-17(21)14-11-13(18(4)12(2)3)8-9-15(14)19-10-6-7-16(19)20/h12-15H,5-11H2,1-4H3/t13?,14-,15?/m1/s1. The molecule has 22 heavy (non-hydrogen) atoms. The number of nitrogens with zero attached hydrogens (tertiary/aromatic N) is 2. The number of amides is 1. The first-order valence-corrected chi connectivity index (χ1v) is 8.63. The molecule has 0 aromatic carbocycles. The molecule has 1 saturated carbocycles. The number of carbonyl (C=O) groups is 2. The van der Waals surface area contributed by atoms with E-state index in [2.05, 4.69) is 25.8 Å². The Morgan fingerprint density at radius 1 is 1.41 bits per heavy atom. The summed E-state index contributed by atoms with van der Waals surface area (Å²) in [6, 6.07) is 0.882. The summed E-state index contributed by atoms with van der Waals surface area (Å²) in [6.45, 7) is 7.39. The van der Waals surface area contributed by atoms with Crippen LogP contribution >= 0.6 is 0 Å². The van der Waals surface area contributed by atoms with Gasteiger partial charge in [-0.2, -0.15) is 0 Å². The summed E-state index contributed by atoms with van der Waals surface area (Å²) in [5, 5.41) is 0.